The predicted octanol–water partition coefficient (Wildman–Crippen LogP) is 3.24. The summed E-state index contributed by atoms with van der Waals surface area (Å²) in [5.41, 5.74) is 0.392. The predicted molar refractivity (Wildman–Crippen MR) is 111 cm³/mol. The molecule has 0 aliphatic rings. The molecule has 2 amide bonds. The summed E-state index contributed by atoms with van der Waals surface area (Å²) in [6, 6.07) is 17.1. The van der Waals surface area contributed by atoms with Crippen LogP contribution in [-0.4, -0.2) is 27.3 Å². The quantitative estimate of drug-likeness (QED) is 0.562. The largest absolute Gasteiger partial charge is 0.355 e. The summed E-state index contributed by atoms with van der Waals surface area (Å²) in [4.78, 5) is 24.4. The van der Waals surface area contributed by atoms with E-state index in [4.69, 9.17) is 0 Å². The number of carbonyl (C=O) groups excluding carboxylic acids is 2. The van der Waals surface area contributed by atoms with Crippen LogP contribution in [0.25, 0.3) is 0 Å². The molecule has 0 bridgehead atoms. The first-order valence-corrected chi connectivity index (χ1v) is 10.3. The van der Waals surface area contributed by atoms with Crippen molar-refractivity contribution in [3.8, 4) is 0 Å². The van der Waals surface area contributed by atoms with Gasteiger partial charge in [0.15, 0.2) is 0 Å². The van der Waals surface area contributed by atoms with E-state index in [0.29, 0.717) is 0 Å². The van der Waals surface area contributed by atoms with Crippen LogP contribution in [0.1, 0.15) is 20.7 Å². The first kappa shape index (κ1) is 21.0. The Morgan fingerprint density at radius 3 is 2.20 bits per heavy atom. The number of para-hydroxylation sites is 2. The van der Waals surface area contributed by atoms with Crippen LogP contribution in [-0.2, 0) is 10.0 Å². The van der Waals surface area contributed by atoms with Crippen molar-refractivity contribution >= 4 is 33.2 Å². The van der Waals surface area contributed by atoms with Gasteiger partial charge in [-0.15, -0.1) is 0 Å². The highest BCUT2D eigenvalue weighted by Gasteiger charge is 2.19. The molecule has 3 aromatic rings. The minimum Gasteiger partial charge on any atom is -0.355 e. The van der Waals surface area contributed by atoms with Crippen LogP contribution in [0.4, 0.5) is 15.8 Å². The van der Waals surface area contributed by atoms with Gasteiger partial charge in [0.25, 0.3) is 21.8 Å². The molecular weight excluding hydrogens is 409 g/mol. The first-order chi connectivity index (χ1) is 14.3. The Labute approximate surface area is 173 Å². The molecule has 7 nitrogen and oxygen atoms in total. The molecule has 9 heteroatoms. The Kier molecular flexibility index (Phi) is 6.12. The fourth-order valence-electron chi connectivity index (χ4n) is 2.67. The average molecular weight is 427 g/mol. The lowest BCUT2D eigenvalue weighted by Crippen LogP contribution is -2.21. The Morgan fingerprint density at radius 1 is 0.833 bits per heavy atom. The fourth-order valence-corrected chi connectivity index (χ4v) is 3.78. The molecular formula is C21H18FN3O4S. The van der Waals surface area contributed by atoms with Gasteiger partial charge in [0.05, 0.1) is 21.8 Å². The molecule has 0 saturated heterocycles. The van der Waals surface area contributed by atoms with Gasteiger partial charge in [-0.3, -0.25) is 14.3 Å². The summed E-state index contributed by atoms with van der Waals surface area (Å²) in [7, 11) is -2.65. The van der Waals surface area contributed by atoms with Crippen LogP contribution < -0.4 is 15.4 Å². The third kappa shape index (κ3) is 4.64. The summed E-state index contributed by atoms with van der Waals surface area (Å²) < 4.78 is 41.2. The van der Waals surface area contributed by atoms with Crippen molar-refractivity contribution < 1.29 is 22.4 Å². The number of halogens is 1. The highest BCUT2D eigenvalue weighted by Crippen LogP contribution is 2.21. The van der Waals surface area contributed by atoms with E-state index in [0.717, 1.165) is 6.07 Å². The lowest BCUT2D eigenvalue weighted by molar-refractivity contribution is 0.0964. The number of nitrogens with one attached hydrogen (secondary N) is 3. The normalized spacial score (nSPS) is 10.9. The number of carbonyl (C=O) groups is 2. The van der Waals surface area contributed by atoms with Crippen molar-refractivity contribution in [2.75, 3.05) is 17.1 Å². The van der Waals surface area contributed by atoms with Gasteiger partial charge in [-0.25, -0.2) is 12.8 Å². The Morgan fingerprint density at radius 2 is 1.50 bits per heavy atom. The number of benzene rings is 3. The molecule has 3 N–H and O–H groups in total. The summed E-state index contributed by atoms with van der Waals surface area (Å²) in [6.07, 6.45) is 0. The molecule has 0 fully saturated rings. The lowest BCUT2D eigenvalue weighted by Gasteiger charge is -2.12. The minimum absolute atomic E-state index is 0.0538. The second kappa shape index (κ2) is 8.75. The van der Waals surface area contributed by atoms with Crippen LogP contribution in [0, 0.1) is 5.82 Å². The van der Waals surface area contributed by atoms with Gasteiger partial charge in [-0.05, 0) is 42.5 Å². The fraction of sp³-hybridized carbons (Fsp3) is 0.0476. The third-order valence-electron chi connectivity index (χ3n) is 4.17. The van der Waals surface area contributed by atoms with Crippen LogP contribution in [0.5, 0.6) is 0 Å². The minimum atomic E-state index is -4.12. The maximum Gasteiger partial charge on any atom is 0.262 e. The van der Waals surface area contributed by atoms with E-state index in [1.807, 2.05) is 0 Å². The molecule has 30 heavy (non-hydrogen) atoms. The zero-order valence-electron chi connectivity index (χ0n) is 15.8. The first-order valence-electron chi connectivity index (χ1n) is 8.81. The summed E-state index contributed by atoms with van der Waals surface area (Å²) in [5, 5.41) is 5.09. The summed E-state index contributed by atoms with van der Waals surface area (Å²) in [6.45, 7) is 0. The van der Waals surface area contributed by atoms with E-state index in [1.54, 1.807) is 24.3 Å². The van der Waals surface area contributed by atoms with Gasteiger partial charge < -0.3 is 10.6 Å². The number of sulfonamides is 1. The van der Waals surface area contributed by atoms with E-state index in [-0.39, 0.29) is 33.3 Å². The van der Waals surface area contributed by atoms with Crippen LogP contribution >= 0.6 is 0 Å². The maximum atomic E-state index is 13.8. The van der Waals surface area contributed by atoms with Gasteiger partial charge >= 0.3 is 0 Å². The van der Waals surface area contributed by atoms with Crippen molar-refractivity contribution in [2.45, 2.75) is 4.90 Å². The molecule has 0 radical (unpaired) electrons. The van der Waals surface area contributed by atoms with Crippen LogP contribution in [0.3, 0.4) is 0 Å². The molecule has 0 aliphatic carbocycles. The number of amides is 2. The smallest absolute Gasteiger partial charge is 0.262 e. The van der Waals surface area contributed by atoms with Gasteiger partial charge in [0, 0.05) is 12.6 Å². The van der Waals surface area contributed by atoms with E-state index >= 15 is 0 Å². The molecule has 0 aliphatic heterocycles. The molecule has 0 unspecified atom stereocenters. The maximum absolute atomic E-state index is 13.8. The second-order valence-corrected chi connectivity index (χ2v) is 7.87. The second-order valence-electron chi connectivity index (χ2n) is 6.19. The van der Waals surface area contributed by atoms with E-state index < -0.39 is 21.7 Å². The van der Waals surface area contributed by atoms with E-state index in [1.165, 1.54) is 49.5 Å². The van der Waals surface area contributed by atoms with Gasteiger partial charge in [-0.1, -0.05) is 30.3 Å². The molecule has 3 aromatic carbocycles. The standard InChI is InChI=1S/C21H18FN3O4S/c1-23-21(27)16-9-2-4-11-18(16)24-20(26)14-7-6-8-15(13-14)30(28,29)25-19-12-5-3-10-17(19)22/h2-13,25H,1H3,(H,23,27)(H,24,26). The Hall–Kier alpha value is -3.72. The van der Waals surface area contributed by atoms with Crippen LogP contribution in [0.15, 0.2) is 77.7 Å². The molecule has 0 spiro atoms. The van der Waals surface area contributed by atoms with E-state index in [2.05, 4.69) is 15.4 Å². The Balaban J connectivity index is 1.86. The number of rotatable bonds is 6. The molecule has 154 valence electrons. The third-order valence-corrected chi connectivity index (χ3v) is 5.53. The van der Waals surface area contributed by atoms with Gasteiger partial charge in [0.1, 0.15) is 5.82 Å². The number of hydrogen-bond acceptors (Lipinski definition) is 4. The lowest BCUT2D eigenvalue weighted by atomic mass is 10.1. The SMILES string of the molecule is CNC(=O)c1ccccc1NC(=O)c1cccc(S(=O)(=O)Nc2ccccc2F)c1. The average Bonchev–Trinajstić information content (AvgIpc) is 2.75. The molecule has 0 atom stereocenters. The number of anilines is 2. The van der Waals surface area contributed by atoms with Crippen LogP contribution in [0.2, 0.25) is 0 Å². The van der Waals surface area contributed by atoms with Crippen molar-refractivity contribution in [3.05, 3.63) is 89.7 Å². The highest BCUT2D eigenvalue weighted by molar-refractivity contribution is 7.92. The monoisotopic (exact) mass is 427 g/mol. The van der Waals surface area contributed by atoms with Gasteiger partial charge in [0.2, 0.25) is 0 Å². The number of hydrogen-bond donors (Lipinski definition) is 3. The summed E-state index contributed by atoms with van der Waals surface area (Å²) in [5.74, 6) is -1.70. The molecule has 0 heterocycles. The highest BCUT2D eigenvalue weighted by atomic mass is 32.2. The zero-order chi connectivity index (χ0) is 21.7. The van der Waals surface area contributed by atoms with Crippen molar-refractivity contribution in [3.63, 3.8) is 0 Å². The molecule has 0 aromatic heterocycles. The topological polar surface area (TPSA) is 104 Å². The molecule has 0 saturated carbocycles. The summed E-state index contributed by atoms with van der Waals surface area (Å²) >= 11 is 0. The zero-order valence-corrected chi connectivity index (χ0v) is 16.7. The van der Waals surface area contributed by atoms with Crippen molar-refractivity contribution in [1.29, 1.82) is 0 Å². The van der Waals surface area contributed by atoms with Gasteiger partial charge in [-0.2, -0.15) is 0 Å². The van der Waals surface area contributed by atoms with Crippen molar-refractivity contribution in [2.24, 2.45) is 0 Å². The Bertz CT molecular complexity index is 1210. The molecule has 3 rings (SSSR count). The van der Waals surface area contributed by atoms with E-state index in [9.17, 15) is 22.4 Å². The van der Waals surface area contributed by atoms with Crippen molar-refractivity contribution in [1.82, 2.24) is 5.32 Å².